The Morgan fingerprint density at radius 2 is 2.11 bits per heavy atom. The number of carbonyl (C=O) groups is 1. The lowest BCUT2D eigenvalue weighted by atomic mass is 10.2. The molecule has 1 amide bonds. The number of nitrogens with two attached hydrogens (primary N) is 2. The van der Waals surface area contributed by atoms with Gasteiger partial charge in [0.15, 0.2) is 0 Å². The van der Waals surface area contributed by atoms with Crippen LogP contribution in [0.25, 0.3) is 0 Å². The first-order valence-corrected chi connectivity index (χ1v) is 7.93. The molecule has 1 atom stereocenters. The van der Waals surface area contributed by atoms with Gasteiger partial charge in [0.2, 0.25) is 15.9 Å². The van der Waals surface area contributed by atoms with Crippen LogP contribution >= 0.6 is 15.9 Å². The molecule has 6 nitrogen and oxygen atoms in total. The van der Waals surface area contributed by atoms with E-state index in [1.807, 2.05) is 0 Å². The lowest BCUT2D eigenvalue weighted by Crippen LogP contribution is -2.43. The molecule has 1 aliphatic rings. The molecule has 1 aromatic rings. The monoisotopic (exact) mass is 347 g/mol. The van der Waals surface area contributed by atoms with Crippen molar-refractivity contribution >= 4 is 37.5 Å². The van der Waals surface area contributed by atoms with Gasteiger partial charge >= 0.3 is 0 Å². The minimum absolute atomic E-state index is 0.0562. The zero-order valence-corrected chi connectivity index (χ0v) is 12.4. The van der Waals surface area contributed by atoms with Crippen LogP contribution in [0, 0.1) is 0 Å². The smallest absolute Gasteiger partial charge is 0.245 e. The maximum atomic E-state index is 12.6. The Labute approximate surface area is 119 Å². The van der Waals surface area contributed by atoms with Crippen LogP contribution in [0.15, 0.2) is 27.6 Å². The van der Waals surface area contributed by atoms with E-state index in [9.17, 15) is 13.2 Å². The van der Waals surface area contributed by atoms with Crippen molar-refractivity contribution < 1.29 is 13.2 Å². The Morgan fingerprint density at radius 3 is 2.74 bits per heavy atom. The maximum Gasteiger partial charge on any atom is 0.245 e. The third-order valence-corrected chi connectivity index (χ3v) is 5.98. The molecule has 1 heterocycles. The first-order chi connectivity index (χ1) is 8.84. The summed E-state index contributed by atoms with van der Waals surface area (Å²) in [6.07, 6.45) is 1.07. The second kappa shape index (κ2) is 5.10. The highest BCUT2D eigenvalue weighted by molar-refractivity contribution is 9.10. The zero-order chi connectivity index (χ0) is 14.2. The van der Waals surface area contributed by atoms with E-state index in [4.69, 9.17) is 11.5 Å². The molecule has 1 aromatic carbocycles. The van der Waals surface area contributed by atoms with E-state index in [-0.39, 0.29) is 11.4 Å². The minimum Gasteiger partial charge on any atom is -0.399 e. The van der Waals surface area contributed by atoms with Crippen molar-refractivity contribution in [3.8, 4) is 0 Å². The number of hydrogen-bond donors (Lipinski definition) is 2. The van der Waals surface area contributed by atoms with Crippen LogP contribution in [-0.4, -0.2) is 31.2 Å². The molecule has 104 valence electrons. The Kier molecular flexibility index (Phi) is 3.84. The number of benzene rings is 1. The van der Waals surface area contributed by atoms with Crippen molar-refractivity contribution in [3.05, 3.63) is 22.7 Å². The van der Waals surface area contributed by atoms with Crippen molar-refractivity contribution in [1.82, 2.24) is 4.31 Å². The van der Waals surface area contributed by atoms with Crippen LogP contribution in [0.2, 0.25) is 0 Å². The van der Waals surface area contributed by atoms with Crippen molar-refractivity contribution in [2.45, 2.75) is 23.8 Å². The first kappa shape index (κ1) is 14.3. The van der Waals surface area contributed by atoms with Crippen molar-refractivity contribution in [2.24, 2.45) is 5.73 Å². The molecule has 0 bridgehead atoms. The van der Waals surface area contributed by atoms with Crippen LogP contribution in [-0.2, 0) is 14.8 Å². The lowest BCUT2D eigenvalue weighted by Gasteiger charge is -2.22. The summed E-state index contributed by atoms with van der Waals surface area (Å²) in [6, 6.07) is 3.75. The minimum atomic E-state index is -3.78. The van der Waals surface area contributed by atoms with E-state index >= 15 is 0 Å². The third-order valence-electron chi connectivity index (χ3n) is 3.07. The van der Waals surface area contributed by atoms with E-state index < -0.39 is 22.0 Å². The highest BCUT2D eigenvalue weighted by Gasteiger charge is 2.39. The Hall–Kier alpha value is -1.12. The topological polar surface area (TPSA) is 106 Å². The predicted octanol–water partition coefficient (Wildman–Crippen LogP) is 0.670. The number of sulfonamides is 1. The molecule has 1 aliphatic heterocycles. The van der Waals surface area contributed by atoms with Gasteiger partial charge in [-0.25, -0.2) is 8.42 Å². The Bertz CT molecular complexity index is 618. The summed E-state index contributed by atoms with van der Waals surface area (Å²) >= 11 is 3.19. The highest BCUT2D eigenvalue weighted by atomic mass is 79.9. The fourth-order valence-electron chi connectivity index (χ4n) is 2.16. The number of primary amides is 1. The normalized spacial score (nSPS) is 20.6. The van der Waals surface area contributed by atoms with Gasteiger partial charge in [-0.15, -0.1) is 0 Å². The van der Waals surface area contributed by atoms with E-state index in [1.54, 1.807) is 12.1 Å². The average molecular weight is 348 g/mol. The number of hydrogen-bond acceptors (Lipinski definition) is 4. The molecule has 1 saturated heterocycles. The van der Waals surface area contributed by atoms with E-state index in [2.05, 4.69) is 15.9 Å². The van der Waals surface area contributed by atoms with Gasteiger partial charge in [-0.05, 0) is 47.0 Å². The highest BCUT2D eigenvalue weighted by Crippen LogP contribution is 2.31. The summed E-state index contributed by atoms with van der Waals surface area (Å²) in [5.41, 5.74) is 11.2. The number of anilines is 1. The molecule has 2 rings (SSSR count). The van der Waals surface area contributed by atoms with E-state index in [0.717, 1.165) is 4.31 Å². The van der Waals surface area contributed by atoms with E-state index in [0.29, 0.717) is 23.0 Å². The molecule has 0 aromatic heterocycles. The van der Waals surface area contributed by atoms with Gasteiger partial charge in [0.1, 0.15) is 6.04 Å². The van der Waals surface area contributed by atoms with Gasteiger partial charge in [0.05, 0.1) is 4.90 Å². The molecule has 1 fully saturated rings. The summed E-state index contributed by atoms with van der Waals surface area (Å²) in [4.78, 5) is 11.4. The van der Waals surface area contributed by atoms with Gasteiger partial charge in [-0.1, -0.05) is 0 Å². The first-order valence-electron chi connectivity index (χ1n) is 5.70. The molecule has 0 radical (unpaired) electrons. The number of amides is 1. The average Bonchev–Trinajstić information content (AvgIpc) is 2.82. The maximum absolute atomic E-state index is 12.6. The van der Waals surface area contributed by atoms with Crippen molar-refractivity contribution in [1.29, 1.82) is 0 Å². The van der Waals surface area contributed by atoms with Gasteiger partial charge in [0, 0.05) is 16.7 Å². The van der Waals surface area contributed by atoms with Crippen LogP contribution in [0.1, 0.15) is 12.8 Å². The van der Waals surface area contributed by atoms with Gasteiger partial charge in [0.25, 0.3) is 0 Å². The molecule has 0 saturated carbocycles. The number of nitrogen functional groups attached to an aromatic ring is 1. The van der Waals surface area contributed by atoms with Crippen LogP contribution in [0.3, 0.4) is 0 Å². The third kappa shape index (κ3) is 2.60. The summed E-state index contributed by atoms with van der Waals surface area (Å²) in [6.45, 7) is 0.289. The lowest BCUT2D eigenvalue weighted by molar-refractivity contribution is -0.121. The van der Waals surface area contributed by atoms with E-state index in [1.165, 1.54) is 6.07 Å². The summed E-state index contributed by atoms with van der Waals surface area (Å²) in [5.74, 6) is -0.624. The standard InChI is InChI=1S/C11H14BrN3O3S/c12-8-4-3-7(13)6-10(8)19(17,18)15-5-1-2-9(15)11(14)16/h3-4,6,9H,1-2,5,13H2,(H2,14,16). The zero-order valence-electron chi connectivity index (χ0n) is 10.0. The number of rotatable bonds is 3. The molecule has 0 spiro atoms. The van der Waals surface area contributed by atoms with Gasteiger partial charge < -0.3 is 11.5 Å². The fraction of sp³-hybridized carbons (Fsp3) is 0.364. The molecule has 4 N–H and O–H groups in total. The molecule has 0 aliphatic carbocycles. The number of halogens is 1. The largest absolute Gasteiger partial charge is 0.399 e. The second-order valence-corrected chi connectivity index (χ2v) is 7.08. The fourth-order valence-corrected chi connectivity index (χ4v) is 4.78. The van der Waals surface area contributed by atoms with Crippen molar-refractivity contribution in [2.75, 3.05) is 12.3 Å². The molecule has 8 heteroatoms. The molecule has 1 unspecified atom stereocenters. The summed E-state index contributed by atoms with van der Waals surface area (Å²) in [5, 5.41) is 0. The Balaban J connectivity index is 2.48. The number of nitrogens with zero attached hydrogens (tertiary/aromatic N) is 1. The Morgan fingerprint density at radius 1 is 1.42 bits per heavy atom. The summed E-state index contributed by atoms with van der Waals surface area (Å²) < 4.78 is 26.7. The molecular weight excluding hydrogens is 334 g/mol. The molecule has 19 heavy (non-hydrogen) atoms. The van der Waals surface area contributed by atoms with Crippen LogP contribution in [0.4, 0.5) is 5.69 Å². The van der Waals surface area contributed by atoms with Gasteiger partial charge in [-0.2, -0.15) is 4.31 Å². The number of carbonyl (C=O) groups excluding carboxylic acids is 1. The second-order valence-electron chi connectivity index (χ2n) is 4.37. The summed E-state index contributed by atoms with van der Waals surface area (Å²) in [7, 11) is -3.78. The van der Waals surface area contributed by atoms with Crippen LogP contribution in [0.5, 0.6) is 0 Å². The molecular formula is C11H14BrN3O3S. The van der Waals surface area contributed by atoms with Crippen molar-refractivity contribution in [3.63, 3.8) is 0 Å². The quantitative estimate of drug-likeness (QED) is 0.783. The van der Waals surface area contributed by atoms with Gasteiger partial charge in [-0.3, -0.25) is 4.79 Å². The predicted molar refractivity (Wildman–Crippen MR) is 74.7 cm³/mol. The van der Waals surface area contributed by atoms with Crippen LogP contribution < -0.4 is 11.5 Å². The SMILES string of the molecule is NC(=O)C1CCCN1S(=O)(=O)c1cc(N)ccc1Br.